The van der Waals surface area contributed by atoms with Gasteiger partial charge in [-0.2, -0.15) is 5.10 Å². The lowest BCUT2D eigenvalue weighted by Gasteiger charge is -2.17. The van der Waals surface area contributed by atoms with Crippen LogP contribution in [0, 0.1) is 0 Å². The molecule has 0 bridgehead atoms. The standard InChI is InChI=1S/C10H16BrN3O2/c1-13(7-9(11)10(15)16-3)5-8-4-12-14(2)6-8/h4,6,9H,5,7H2,1-3H3. The molecule has 1 aromatic heterocycles. The Morgan fingerprint density at radius 2 is 2.44 bits per heavy atom. The van der Waals surface area contributed by atoms with Crippen molar-refractivity contribution in [2.24, 2.45) is 7.05 Å². The second kappa shape index (κ2) is 6.00. The third-order valence-electron chi connectivity index (χ3n) is 2.14. The van der Waals surface area contributed by atoms with Gasteiger partial charge in [0, 0.05) is 31.9 Å². The first kappa shape index (κ1) is 13.2. The summed E-state index contributed by atoms with van der Waals surface area (Å²) < 4.78 is 6.40. The van der Waals surface area contributed by atoms with Crippen LogP contribution in [0.15, 0.2) is 12.4 Å². The topological polar surface area (TPSA) is 47.4 Å². The molecule has 0 aromatic carbocycles. The molecule has 90 valence electrons. The Balaban J connectivity index is 2.41. The number of alkyl halides is 1. The lowest BCUT2D eigenvalue weighted by atomic mass is 10.3. The first-order valence-corrected chi connectivity index (χ1v) is 5.82. The first-order valence-electron chi connectivity index (χ1n) is 4.91. The maximum absolute atomic E-state index is 11.2. The van der Waals surface area contributed by atoms with E-state index in [1.54, 1.807) is 4.68 Å². The number of ether oxygens (including phenoxy) is 1. The van der Waals surface area contributed by atoms with Gasteiger partial charge in [-0.15, -0.1) is 0 Å². The second-order valence-electron chi connectivity index (χ2n) is 3.71. The number of hydrogen-bond acceptors (Lipinski definition) is 4. The summed E-state index contributed by atoms with van der Waals surface area (Å²) in [6.45, 7) is 1.36. The molecule has 1 rings (SSSR count). The van der Waals surface area contributed by atoms with Gasteiger partial charge in [-0.3, -0.25) is 9.48 Å². The van der Waals surface area contributed by atoms with Gasteiger partial charge in [0.1, 0.15) is 4.83 Å². The number of carbonyl (C=O) groups excluding carboxylic acids is 1. The van der Waals surface area contributed by atoms with Crippen molar-refractivity contribution < 1.29 is 9.53 Å². The Morgan fingerprint density at radius 3 is 2.94 bits per heavy atom. The molecule has 0 spiro atoms. The third-order valence-corrected chi connectivity index (χ3v) is 2.80. The molecule has 0 fully saturated rings. The fraction of sp³-hybridized carbons (Fsp3) is 0.600. The quantitative estimate of drug-likeness (QED) is 0.594. The van der Waals surface area contributed by atoms with E-state index in [1.807, 2.05) is 31.4 Å². The minimum Gasteiger partial charge on any atom is -0.468 e. The van der Waals surface area contributed by atoms with Crippen LogP contribution >= 0.6 is 15.9 Å². The zero-order valence-corrected chi connectivity index (χ0v) is 11.3. The van der Waals surface area contributed by atoms with Crippen LogP contribution in [0.5, 0.6) is 0 Å². The van der Waals surface area contributed by atoms with Crippen molar-refractivity contribution in [2.75, 3.05) is 20.7 Å². The minimum atomic E-state index is -0.292. The molecular weight excluding hydrogens is 274 g/mol. The van der Waals surface area contributed by atoms with E-state index in [1.165, 1.54) is 7.11 Å². The van der Waals surface area contributed by atoms with Crippen LogP contribution in [-0.2, 0) is 23.1 Å². The highest BCUT2D eigenvalue weighted by molar-refractivity contribution is 9.10. The number of nitrogens with zero attached hydrogens (tertiary/aromatic N) is 3. The smallest absolute Gasteiger partial charge is 0.320 e. The number of rotatable bonds is 5. The normalized spacial score (nSPS) is 12.8. The summed E-state index contributed by atoms with van der Waals surface area (Å²) in [5.41, 5.74) is 1.12. The van der Waals surface area contributed by atoms with Crippen molar-refractivity contribution in [3.63, 3.8) is 0 Å². The molecule has 0 aliphatic heterocycles. The van der Waals surface area contributed by atoms with Gasteiger partial charge in [0.05, 0.1) is 13.3 Å². The summed E-state index contributed by atoms with van der Waals surface area (Å²) in [5.74, 6) is -0.252. The largest absolute Gasteiger partial charge is 0.468 e. The van der Waals surface area contributed by atoms with Crippen LogP contribution in [0.3, 0.4) is 0 Å². The monoisotopic (exact) mass is 289 g/mol. The van der Waals surface area contributed by atoms with Crippen LogP contribution in [0.25, 0.3) is 0 Å². The Kier molecular flexibility index (Phi) is 4.95. The SMILES string of the molecule is COC(=O)C(Br)CN(C)Cc1cnn(C)c1. The number of aryl methyl sites for hydroxylation is 1. The summed E-state index contributed by atoms with van der Waals surface area (Å²) in [6.07, 6.45) is 3.77. The average Bonchev–Trinajstić information content (AvgIpc) is 2.62. The molecule has 0 aliphatic rings. The highest BCUT2D eigenvalue weighted by Gasteiger charge is 2.17. The molecular formula is C10H16BrN3O2. The highest BCUT2D eigenvalue weighted by Crippen LogP contribution is 2.07. The third kappa shape index (κ3) is 3.94. The van der Waals surface area contributed by atoms with Crippen LogP contribution in [0.4, 0.5) is 0 Å². The maximum atomic E-state index is 11.2. The summed E-state index contributed by atoms with van der Waals surface area (Å²) in [6, 6.07) is 0. The van der Waals surface area contributed by atoms with Crippen molar-refractivity contribution >= 4 is 21.9 Å². The zero-order chi connectivity index (χ0) is 12.1. The van der Waals surface area contributed by atoms with Gasteiger partial charge >= 0.3 is 5.97 Å². The van der Waals surface area contributed by atoms with Gasteiger partial charge in [0.2, 0.25) is 0 Å². The van der Waals surface area contributed by atoms with Crippen LogP contribution in [0.2, 0.25) is 0 Å². The fourth-order valence-corrected chi connectivity index (χ4v) is 2.09. The Hall–Kier alpha value is -0.880. The van der Waals surface area contributed by atoms with Crippen molar-refractivity contribution in [2.45, 2.75) is 11.4 Å². The van der Waals surface area contributed by atoms with Gasteiger partial charge in [-0.25, -0.2) is 0 Å². The van der Waals surface area contributed by atoms with Gasteiger partial charge in [-0.1, -0.05) is 15.9 Å². The number of methoxy groups -OCH3 is 1. The molecule has 1 atom stereocenters. The molecule has 0 saturated carbocycles. The molecule has 5 nitrogen and oxygen atoms in total. The van der Waals surface area contributed by atoms with E-state index in [4.69, 9.17) is 0 Å². The van der Waals surface area contributed by atoms with Crippen LogP contribution in [0.1, 0.15) is 5.56 Å². The first-order chi connectivity index (χ1) is 7.52. The van der Waals surface area contributed by atoms with E-state index in [-0.39, 0.29) is 10.8 Å². The highest BCUT2D eigenvalue weighted by atomic mass is 79.9. The van der Waals surface area contributed by atoms with E-state index in [9.17, 15) is 4.79 Å². The lowest BCUT2D eigenvalue weighted by Crippen LogP contribution is -2.31. The van der Waals surface area contributed by atoms with Gasteiger partial charge < -0.3 is 9.64 Å². The molecule has 1 unspecified atom stereocenters. The van der Waals surface area contributed by atoms with Gasteiger partial charge in [0.25, 0.3) is 0 Å². The summed E-state index contributed by atoms with van der Waals surface area (Å²) in [4.78, 5) is 12.9. The second-order valence-corrected chi connectivity index (χ2v) is 4.82. The fourth-order valence-electron chi connectivity index (χ4n) is 1.41. The molecule has 1 aromatic rings. The van der Waals surface area contributed by atoms with E-state index in [0.717, 1.165) is 12.1 Å². The Morgan fingerprint density at radius 1 is 1.75 bits per heavy atom. The van der Waals surface area contributed by atoms with E-state index >= 15 is 0 Å². The predicted octanol–water partition coefficient (Wildman–Crippen LogP) is 0.788. The number of halogens is 1. The zero-order valence-electron chi connectivity index (χ0n) is 9.68. The molecule has 16 heavy (non-hydrogen) atoms. The molecule has 0 N–H and O–H groups in total. The molecule has 0 aliphatic carbocycles. The molecule has 0 saturated heterocycles. The number of carbonyl (C=O) groups is 1. The number of esters is 1. The molecule has 1 heterocycles. The predicted molar refractivity (Wildman–Crippen MR) is 64.3 cm³/mol. The van der Waals surface area contributed by atoms with E-state index in [2.05, 4.69) is 25.8 Å². The lowest BCUT2D eigenvalue weighted by molar-refractivity contribution is -0.140. The summed E-state index contributed by atoms with van der Waals surface area (Å²) >= 11 is 3.29. The van der Waals surface area contributed by atoms with Crippen molar-refractivity contribution in [3.8, 4) is 0 Å². The summed E-state index contributed by atoms with van der Waals surface area (Å²) in [5, 5.41) is 4.09. The Labute approximate surface area is 103 Å². The minimum absolute atomic E-state index is 0.252. The van der Waals surface area contributed by atoms with Crippen molar-refractivity contribution in [1.29, 1.82) is 0 Å². The van der Waals surface area contributed by atoms with Gasteiger partial charge in [0.15, 0.2) is 0 Å². The average molecular weight is 290 g/mol. The summed E-state index contributed by atoms with van der Waals surface area (Å²) in [7, 11) is 5.22. The maximum Gasteiger partial charge on any atom is 0.320 e. The van der Waals surface area contributed by atoms with E-state index in [0.29, 0.717) is 6.54 Å². The van der Waals surface area contributed by atoms with E-state index < -0.39 is 0 Å². The molecule has 0 radical (unpaired) electrons. The van der Waals surface area contributed by atoms with Crippen molar-refractivity contribution in [1.82, 2.24) is 14.7 Å². The molecule has 6 heteroatoms. The van der Waals surface area contributed by atoms with Crippen molar-refractivity contribution in [3.05, 3.63) is 18.0 Å². The van der Waals surface area contributed by atoms with Gasteiger partial charge in [-0.05, 0) is 7.05 Å². The Bertz CT molecular complexity index is 354. The van der Waals surface area contributed by atoms with Crippen LogP contribution in [-0.4, -0.2) is 46.2 Å². The number of aromatic nitrogens is 2. The number of hydrogen-bond donors (Lipinski definition) is 0. The van der Waals surface area contributed by atoms with Crippen LogP contribution < -0.4 is 0 Å². The molecule has 0 amide bonds.